The van der Waals surface area contributed by atoms with Gasteiger partial charge in [-0.2, -0.15) is 0 Å². The van der Waals surface area contributed by atoms with Gasteiger partial charge in [-0.25, -0.2) is 4.98 Å². The quantitative estimate of drug-likeness (QED) is 0.903. The fourth-order valence-corrected chi connectivity index (χ4v) is 1.66. The van der Waals surface area contributed by atoms with Crippen molar-refractivity contribution in [2.45, 2.75) is 33.2 Å². The first kappa shape index (κ1) is 12.4. The molecule has 0 aliphatic rings. The lowest BCUT2D eigenvalue weighted by molar-refractivity contribution is 0.0917. The molecule has 0 fully saturated rings. The van der Waals surface area contributed by atoms with E-state index in [2.05, 4.69) is 10.3 Å². The van der Waals surface area contributed by atoms with Gasteiger partial charge in [0.1, 0.15) is 5.76 Å². The highest BCUT2D eigenvalue weighted by molar-refractivity contribution is 5.92. The van der Waals surface area contributed by atoms with Crippen molar-refractivity contribution >= 4 is 5.91 Å². The molecule has 0 spiro atoms. The highest BCUT2D eigenvalue weighted by Crippen LogP contribution is 2.19. The minimum atomic E-state index is -0.268. The average molecular weight is 248 g/mol. The largest absolute Gasteiger partial charge is 0.467 e. The summed E-state index contributed by atoms with van der Waals surface area (Å²) in [6.07, 6.45) is 1.57. The molecule has 0 aliphatic heterocycles. The number of furan rings is 1. The maximum absolute atomic E-state index is 12.0. The minimum Gasteiger partial charge on any atom is -0.467 e. The number of rotatable bonds is 4. The van der Waals surface area contributed by atoms with Gasteiger partial charge in [0.05, 0.1) is 18.5 Å². The first-order valence-corrected chi connectivity index (χ1v) is 5.86. The smallest absolute Gasteiger partial charge is 0.289 e. The van der Waals surface area contributed by atoms with Crippen LogP contribution in [0.5, 0.6) is 0 Å². The first-order valence-electron chi connectivity index (χ1n) is 5.86. The molecule has 5 heteroatoms. The van der Waals surface area contributed by atoms with Gasteiger partial charge in [0, 0.05) is 6.92 Å². The summed E-state index contributed by atoms with van der Waals surface area (Å²) in [6, 6.07) is 3.58. The highest BCUT2D eigenvalue weighted by Gasteiger charge is 2.20. The van der Waals surface area contributed by atoms with E-state index in [9.17, 15) is 4.79 Å². The maximum Gasteiger partial charge on any atom is 0.289 e. The van der Waals surface area contributed by atoms with Crippen LogP contribution in [0.2, 0.25) is 0 Å². The van der Waals surface area contributed by atoms with E-state index >= 15 is 0 Å². The average Bonchev–Trinajstić information content (AvgIpc) is 2.94. The van der Waals surface area contributed by atoms with Crippen molar-refractivity contribution in [2.24, 2.45) is 0 Å². The molecular weight excluding hydrogens is 232 g/mol. The van der Waals surface area contributed by atoms with Gasteiger partial charge in [-0.15, -0.1) is 0 Å². The molecule has 1 amide bonds. The molecule has 2 aromatic rings. The maximum atomic E-state index is 12.0. The van der Waals surface area contributed by atoms with Gasteiger partial charge < -0.3 is 14.2 Å². The van der Waals surface area contributed by atoms with E-state index in [1.165, 1.54) is 0 Å². The molecule has 1 N–H and O–H groups in total. The second kappa shape index (κ2) is 5.08. The third-order valence-electron chi connectivity index (χ3n) is 2.52. The van der Waals surface area contributed by atoms with Crippen LogP contribution in [0.1, 0.15) is 47.7 Å². The molecule has 0 atom stereocenters. The molecular formula is C13H16N2O3. The van der Waals surface area contributed by atoms with E-state index in [1.54, 1.807) is 25.3 Å². The van der Waals surface area contributed by atoms with Crippen LogP contribution in [0.25, 0.3) is 0 Å². The summed E-state index contributed by atoms with van der Waals surface area (Å²) in [5, 5.41) is 2.74. The number of carbonyl (C=O) groups excluding carboxylic acids is 1. The molecule has 0 saturated carbocycles. The molecule has 18 heavy (non-hydrogen) atoms. The Balaban J connectivity index is 2.09. The molecule has 0 aromatic carbocycles. The van der Waals surface area contributed by atoms with E-state index in [0.29, 0.717) is 23.9 Å². The third kappa shape index (κ3) is 2.61. The van der Waals surface area contributed by atoms with E-state index in [1.807, 2.05) is 13.8 Å². The van der Waals surface area contributed by atoms with Crippen molar-refractivity contribution in [3.63, 3.8) is 0 Å². The highest BCUT2D eigenvalue weighted by atomic mass is 16.4. The number of aryl methyl sites for hydroxylation is 1. The number of nitrogens with zero attached hydrogens (tertiary/aromatic N) is 1. The summed E-state index contributed by atoms with van der Waals surface area (Å²) in [5.41, 5.74) is 0.685. The van der Waals surface area contributed by atoms with E-state index in [4.69, 9.17) is 8.83 Å². The van der Waals surface area contributed by atoms with Crippen molar-refractivity contribution < 1.29 is 13.6 Å². The molecule has 0 bridgehead atoms. The fraction of sp³-hybridized carbons (Fsp3) is 0.385. The van der Waals surface area contributed by atoms with Gasteiger partial charge in [0.2, 0.25) is 5.76 Å². The zero-order chi connectivity index (χ0) is 13.1. The van der Waals surface area contributed by atoms with Crippen LogP contribution in [0.4, 0.5) is 0 Å². The number of aromatic nitrogens is 1. The van der Waals surface area contributed by atoms with Gasteiger partial charge in [0.15, 0.2) is 5.89 Å². The summed E-state index contributed by atoms with van der Waals surface area (Å²) in [5.74, 6) is 1.36. The van der Waals surface area contributed by atoms with Crippen molar-refractivity contribution in [2.75, 3.05) is 0 Å². The monoisotopic (exact) mass is 248 g/mol. The van der Waals surface area contributed by atoms with E-state index in [0.717, 1.165) is 0 Å². The molecule has 0 aliphatic carbocycles. The van der Waals surface area contributed by atoms with Gasteiger partial charge in [-0.05, 0) is 18.1 Å². The van der Waals surface area contributed by atoms with Gasteiger partial charge in [-0.3, -0.25) is 4.79 Å². The molecule has 5 nitrogen and oxygen atoms in total. The van der Waals surface area contributed by atoms with Crippen LogP contribution in [0.15, 0.2) is 27.2 Å². The number of amides is 1. The second-order valence-corrected chi connectivity index (χ2v) is 4.36. The SMILES string of the molecule is Cc1nc(C(C)C)c(C(=O)NCc2ccco2)o1. The summed E-state index contributed by atoms with van der Waals surface area (Å²) in [7, 11) is 0. The van der Waals surface area contributed by atoms with Crippen LogP contribution >= 0.6 is 0 Å². The number of carbonyl (C=O) groups is 1. The Morgan fingerprint density at radius 3 is 2.89 bits per heavy atom. The van der Waals surface area contributed by atoms with Crippen LogP contribution in [-0.4, -0.2) is 10.9 Å². The standard InChI is InChI=1S/C13H16N2O3/c1-8(2)11-12(18-9(3)15-11)13(16)14-7-10-5-4-6-17-10/h4-6,8H,7H2,1-3H3,(H,14,16). The lowest BCUT2D eigenvalue weighted by atomic mass is 10.1. The van der Waals surface area contributed by atoms with Crippen molar-refractivity contribution in [1.29, 1.82) is 0 Å². The zero-order valence-corrected chi connectivity index (χ0v) is 10.7. The summed E-state index contributed by atoms with van der Waals surface area (Å²) >= 11 is 0. The predicted octanol–water partition coefficient (Wildman–Crippen LogP) is 2.63. The molecule has 2 heterocycles. The Morgan fingerprint density at radius 1 is 1.50 bits per heavy atom. The Kier molecular flexibility index (Phi) is 3.50. The fourth-order valence-electron chi connectivity index (χ4n) is 1.66. The first-order chi connectivity index (χ1) is 8.58. The minimum absolute atomic E-state index is 0.145. The lowest BCUT2D eigenvalue weighted by Crippen LogP contribution is -2.23. The Bertz CT molecular complexity index is 526. The molecule has 2 rings (SSSR count). The van der Waals surface area contributed by atoms with Gasteiger partial charge in [0.25, 0.3) is 5.91 Å². The lowest BCUT2D eigenvalue weighted by Gasteiger charge is -2.04. The van der Waals surface area contributed by atoms with E-state index < -0.39 is 0 Å². The number of hydrogen-bond acceptors (Lipinski definition) is 4. The topological polar surface area (TPSA) is 68.3 Å². The van der Waals surface area contributed by atoms with Crippen molar-refractivity contribution in [1.82, 2.24) is 10.3 Å². The Hall–Kier alpha value is -2.04. The second-order valence-electron chi connectivity index (χ2n) is 4.36. The van der Waals surface area contributed by atoms with Crippen LogP contribution in [0.3, 0.4) is 0 Å². The third-order valence-corrected chi connectivity index (χ3v) is 2.52. The summed E-state index contributed by atoms with van der Waals surface area (Å²) in [6.45, 7) is 6.01. The van der Waals surface area contributed by atoms with Crippen LogP contribution in [-0.2, 0) is 6.54 Å². The molecule has 0 saturated heterocycles. The predicted molar refractivity (Wildman–Crippen MR) is 65.2 cm³/mol. The normalized spacial score (nSPS) is 10.9. The summed E-state index contributed by atoms with van der Waals surface area (Å²) in [4.78, 5) is 16.2. The summed E-state index contributed by atoms with van der Waals surface area (Å²) < 4.78 is 10.5. The van der Waals surface area contributed by atoms with Gasteiger partial charge >= 0.3 is 0 Å². The van der Waals surface area contributed by atoms with Crippen LogP contribution < -0.4 is 5.32 Å². The molecule has 0 unspecified atom stereocenters. The van der Waals surface area contributed by atoms with Crippen LogP contribution in [0, 0.1) is 6.92 Å². The number of hydrogen-bond donors (Lipinski definition) is 1. The number of nitrogens with one attached hydrogen (secondary N) is 1. The number of oxazole rings is 1. The Labute approximate surface area is 105 Å². The van der Waals surface area contributed by atoms with E-state index in [-0.39, 0.29) is 17.6 Å². The molecule has 0 radical (unpaired) electrons. The Morgan fingerprint density at radius 2 is 2.28 bits per heavy atom. The zero-order valence-electron chi connectivity index (χ0n) is 10.7. The van der Waals surface area contributed by atoms with Gasteiger partial charge in [-0.1, -0.05) is 13.8 Å². The molecule has 2 aromatic heterocycles. The molecule has 96 valence electrons. The van der Waals surface area contributed by atoms with Crippen molar-refractivity contribution in [3.05, 3.63) is 41.5 Å². The van der Waals surface area contributed by atoms with Crippen molar-refractivity contribution in [3.8, 4) is 0 Å².